The zero-order valence-corrected chi connectivity index (χ0v) is 25.4. The molecule has 4 atom stereocenters. The monoisotopic (exact) mass is 573 g/mol. The Bertz CT molecular complexity index is 1320. The number of ether oxygens (including phenoxy) is 4. The molecular formula is C33H39NO6Si. The van der Waals surface area contributed by atoms with Gasteiger partial charge in [-0.2, -0.15) is 0 Å². The molecular weight excluding hydrogens is 534 g/mol. The highest BCUT2D eigenvalue weighted by Crippen LogP contribution is 2.51. The van der Waals surface area contributed by atoms with Gasteiger partial charge < -0.3 is 23.4 Å². The smallest absolute Gasteiger partial charge is 0.410 e. The molecule has 3 saturated heterocycles. The Balaban J connectivity index is 1.30. The van der Waals surface area contributed by atoms with E-state index in [1.165, 1.54) is 10.4 Å². The highest BCUT2D eigenvalue weighted by molar-refractivity contribution is 6.99. The summed E-state index contributed by atoms with van der Waals surface area (Å²) < 4.78 is 32.1. The Morgan fingerprint density at radius 3 is 2.00 bits per heavy atom. The predicted molar refractivity (Wildman–Crippen MR) is 158 cm³/mol. The molecule has 8 heteroatoms. The van der Waals surface area contributed by atoms with Gasteiger partial charge in [-0.05, 0) is 34.8 Å². The molecule has 6 rings (SSSR count). The number of hydrogen-bond donors (Lipinski definition) is 0. The van der Waals surface area contributed by atoms with E-state index in [4.69, 9.17) is 23.4 Å². The largest absolute Gasteiger partial charge is 0.445 e. The average molecular weight is 574 g/mol. The SMILES string of the molecule is CC1(C)O[C@H]2O[C@@]3(CO[Si](c4ccccc4)(c4ccccc4)C(C)(C)C)CN(C(=O)OCc4ccccc4)[C@H]3[C@H]2O1. The summed E-state index contributed by atoms with van der Waals surface area (Å²) in [7, 11) is -2.83. The first kappa shape index (κ1) is 28.1. The van der Waals surface area contributed by atoms with E-state index in [0.29, 0.717) is 13.2 Å². The first-order chi connectivity index (χ1) is 19.5. The van der Waals surface area contributed by atoms with Gasteiger partial charge in [0, 0.05) is 0 Å². The molecule has 0 saturated carbocycles. The second-order valence-electron chi connectivity index (χ2n) is 12.7. The zero-order valence-electron chi connectivity index (χ0n) is 24.4. The summed E-state index contributed by atoms with van der Waals surface area (Å²) in [5.74, 6) is -0.810. The van der Waals surface area contributed by atoms with Crippen LogP contribution in [0, 0.1) is 0 Å². The van der Waals surface area contributed by atoms with Crippen LogP contribution in [-0.2, 0) is 30.0 Å². The topological polar surface area (TPSA) is 66.5 Å². The third-order valence-electron chi connectivity index (χ3n) is 8.45. The van der Waals surface area contributed by atoms with Crippen LogP contribution in [0.25, 0.3) is 0 Å². The molecule has 0 aromatic heterocycles. The highest BCUT2D eigenvalue weighted by atomic mass is 28.4. The Morgan fingerprint density at radius 1 is 0.878 bits per heavy atom. The molecule has 216 valence electrons. The van der Waals surface area contributed by atoms with Crippen molar-refractivity contribution in [1.29, 1.82) is 0 Å². The fraction of sp³-hybridized carbons (Fsp3) is 0.424. The van der Waals surface area contributed by atoms with Crippen LogP contribution < -0.4 is 10.4 Å². The molecule has 0 spiro atoms. The van der Waals surface area contributed by atoms with Gasteiger partial charge in [-0.25, -0.2) is 4.79 Å². The summed E-state index contributed by atoms with van der Waals surface area (Å²) in [5, 5.41) is 2.19. The van der Waals surface area contributed by atoms with Crippen molar-refractivity contribution in [3.8, 4) is 0 Å². The van der Waals surface area contributed by atoms with E-state index in [-0.39, 0.29) is 11.6 Å². The first-order valence-electron chi connectivity index (χ1n) is 14.3. The van der Waals surface area contributed by atoms with Crippen LogP contribution in [0.3, 0.4) is 0 Å². The fourth-order valence-electron chi connectivity index (χ4n) is 6.67. The lowest BCUT2D eigenvalue weighted by molar-refractivity contribution is -0.262. The third-order valence-corrected chi connectivity index (χ3v) is 13.4. The molecule has 0 bridgehead atoms. The summed E-state index contributed by atoms with van der Waals surface area (Å²) in [5.41, 5.74) is 0.162. The maximum atomic E-state index is 13.4. The van der Waals surface area contributed by atoms with Crippen LogP contribution >= 0.6 is 0 Å². The molecule has 0 unspecified atom stereocenters. The van der Waals surface area contributed by atoms with Crippen molar-refractivity contribution >= 4 is 24.8 Å². The molecule has 3 aromatic rings. The van der Waals surface area contributed by atoms with Crippen LogP contribution in [0.1, 0.15) is 40.2 Å². The van der Waals surface area contributed by atoms with E-state index in [9.17, 15) is 4.79 Å². The van der Waals surface area contributed by atoms with Crippen LogP contribution in [0.15, 0.2) is 91.0 Å². The number of benzene rings is 3. The second-order valence-corrected chi connectivity index (χ2v) is 17.0. The van der Waals surface area contributed by atoms with Crippen LogP contribution in [0.2, 0.25) is 5.04 Å². The number of amides is 1. The predicted octanol–water partition coefficient (Wildman–Crippen LogP) is 4.83. The van der Waals surface area contributed by atoms with Gasteiger partial charge in [0.25, 0.3) is 8.32 Å². The minimum absolute atomic E-state index is 0.191. The normalized spacial score (nSPS) is 26.7. The summed E-state index contributed by atoms with van der Waals surface area (Å²) in [6, 6.07) is 30.4. The Labute approximate surface area is 243 Å². The van der Waals surface area contributed by atoms with E-state index in [1.807, 2.05) is 56.3 Å². The molecule has 0 radical (unpaired) electrons. The molecule has 3 fully saturated rings. The summed E-state index contributed by atoms with van der Waals surface area (Å²) in [6.45, 7) is 11.3. The minimum Gasteiger partial charge on any atom is -0.445 e. The standard InChI is InChI=1S/C33H39NO6Si/c1-31(2,3)41(25-17-11-7-12-18-25,26-19-13-8-14-20-26)37-23-33-22-34(30(35)36-21-24-15-9-6-10-16-24)28(33)27-29(40-33)39-32(4,5)38-27/h6-20,27-29H,21-23H2,1-5H3/t27-,28+,29+,33-/m1/s1. The molecule has 1 amide bonds. The van der Waals surface area contributed by atoms with Gasteiger partial charge in [0.2, 0.25) is 0 Å². The number of fused-ring (bicyclic) bond motifs is 3. The van der Waals surface area contributed by atoms with Gasteiger partial charge in [0.1, 0.15) is 18.3 Å². The van der Waals surface area contributed by atoms with Crippen LogP contribution in [0.4, 0.5) is 4.79 Å². The van der Waals surface area contributed by atoms with E-state index in [0.717, 1.165) is 5.56 Å². The van der Waals surface area contributed by atoms with Gasteiger partial charge in [-0.1, -0.05) is 112 Å². The Kier molecular flexibility index (Phi) is 7.11. The van der Waals surface area contributed by atoms with Crippen molar-refractivity contribution in [2.45, 2.75) is 76.1 Å². The van der Waals surface area contributed by atoms with E-state index in [2.05, 4.69) is 69.3 Å². The van der Waals surface area contributed by atoms with Crippen molar-refractivity contribution in [3.63, 3.8) is 0 Å². The van der Waals surface area contributed by atoms with E-state index < -0.39 is 44.2 Å². The number of nitrogens with zero attached hydrogens (tertiary/aromatic N) is 1. The number of carbonyl (C=O) groups is 1. The lowest BCUT2D eigenvalue weighted by Gasteiger charge is -2.54. The second kappa shape index (κ2) is 10.4. The number of hydrogen-bond acceptors (Lipinski definition) is 6. The minimum atomic E-state index is -2.83. The van der Waals surface area contributed by atoms with E-state index >= 15 is 0 Å². The lowest BCUT2D eigenvalue weighted by atomic mass is 9.83. The molecule has 3 heterocycles. The van der Waals surface area contributed by atoms with E-state index in [1.54, 1.807) is 4.90 Å². The Hall–Kier alpha value is -3.01. The van der Waals surface area contributed by atoms with Gasteiger partial charge in [-0.15, -0.1) is 0 Å². The van der Waals surface area contributed by atoms with Crippen LogP contribution in [0.5, 0.6) is 0 Å². The van der Waals surface area contributed by atoms with Gasteiger partial charge in [0.05, 0.1) is 19.2 Å². The molecule has 7 nitrogen and oxygen atoms in total. The summed E-state index contributed by atoms with van der Waals surface area (Å²) in [4.78, 5) is 15.1. The highest BCUT2D eigenvalue weighted by Gasteiger charge is 2.71. The molecule has 3 aliphatic rings. The zero-order chi connectivity index (χ0) is 28.9. The fourth-order valence-corrected chi connectivity index (χ4v) is 11.3. The number of rotatable bonds is 7. The van der Waals surface area contributed by atoms with Crippen LogP contribution in [-0.4, -0.2) is 62.3 Å². The maximum absolute atomic E-state index is 13.4. The van der Waals surface area contributed by atoms with Gasteiger partial charge in [0.15, 0.2) is 12.1 Å². The molecule has 3 aliphatic heterocycles. The molecule has 41 heavy (non-hydrogen) atoms. The molecule has 3 aromatic carbocycles. The number of likely N-dealkylation sites (tertiary alicyclic amines) is 1. The Morgan fingerprint density at radius 2 is 1.44 bits per heavy atom. The average Bonchev–Trinajstić information content (AvgIpc) is 3.34. The summed E-state index contributed by atoms with van der Waals surface area (Å²) >= 11 is 0. The molecule has 0 aliphatic carbocycles. The van der Waals surface area contributed by atoms with Gasteiger partial charge >= 0.3 is 6.09 Å². The quantitative estimate of drug-likeness (QED) is 0.378. The van der Waals surface area contributed by atoms with Crippen molar-refractivity contribution in [2.75, 3.05) is 13.2 Å². The lowest BCUT2D eigenvalue weighted by Crippen LogP contribution is -2.76. The first-order valence-corrected chi connectivity index (χ1v) is 16.2. The number of carbonyl (C=O) groups excluding carboxylic acids is 1. The van der Waals surface area contributed by atoms with Crippen molar-refractivity contribution in [3.05, 3.63) is 96.6 Å². The van der Waals surface area contributed by atoms with Gasteiger partial charge in [-0.3, -0.25) is 4.90 Å². The maximum Gasteiger partial charge on any atom is 0.410 e. The van der Waals surface area contributed by atoms with Crippen molar-refractivity contribution in [2.24, 2.45) is 0 Å². The summed E-state index contributed by atoms with van der Waals surface area (Å²) in [6.07, 6.45) is -1.42. The third kappa shape index (κ3) is 4.91. The molecule has 0 N–H and O–H groups in total. The van der Waals surface area contributed by atoms with Crippen molar-refractivity contribution in [1.82, 2.24) is 4.90 Å². The van der Waals surface area contributed by atoms with Crippen molar-refractivity contribution < 1.29 is 28.2 Å².